The Bertz CT molecular complexity index is 375. The van der Waals surface area contributed by atoms with Gasteiger partial charge in [-0.05, 0) is 25.0 Å². The molecule has 5 heteroatoms. The molecule has 0 unspecified atom stereocenters. The van der Waals surface area contributed by atoms with E-state index in [4.69, 9.17) is 10.5 Å². The highest BCUT2D eigenvalue weighted by atomic mass is 16.5. The second-order valence-corrected chi connectivity index (χ2v) is 4.12. The van der Waals surface area contributed by atoms with E-state index < -0.39 is 0 Å². The van der Waals surface area contributed by atoms with Gasteiger partial charge in [-0.1, -0.05) is 0 Å². The highest BCUT2D eigenvalue weighted by Crippen LogP contribution is 2.24. The summed E-state index contributed by atoms with van der Waals surface area (Å²) in [6.45, 7) is 1.09. The van der Waals surface area contributed by atoms with E-state index in [0.29, 0.717) is 25.2 Å². The van der Waals surface area contributed by atoms with Crippen molar-refractivity contribution in [1.29, 1.82) is 0 Å². The van der Waals surface area contributed by atoms with Crippen LogP contribution in [0, 0.1) is 0 Å². The van der Waals surface area contributed by atoms with Gasteiger partial charge in [-0.2, -0.15) is 0 Å². The molecule has 1 aromatic rings. The number of ether oxygens (including phenoxy) is 1. The molecule has 5 nitrogen and oxygen atoms in total. The highest BCUT2D eigenvalue weighted by Gasteiger charge is 2.27. The molecule has 1 heterocycles. The van der Waals surface area contributed by atoms with Crippen LogP contribution < -0.4 is 10.5 Å². The number of pyridine rings is 1. The Kier molecular flexibility index (Phi) is 3.80. The van der Waals surface area contributed by atoms with E-state index in [1.807, 2.05) is 24.1 Å². The minimum atomic E-state index is 0.519. The van der Waals surface area contributed by atoms with Gasteiger partial charge in [-0.15, -0.1) is 0 Å². The largest absolute Gasteiger partial charge is 0.490 e. The molecule has 1 fully saturated rings. The smallest absolute Gasteiger partial charge is 0.191 e. The molecule has 2 rings (SSSR count). The minimum absolute atomic E-state index is 0.519. The van der Waals surface area contributed by atoms with Gasteiger partial charge in [0.15, 0.2) is 5.96 Å². The van der Waals surface area contributed by atoms with Gasteiger partial charge in [0.2, 0.25) is 0 Å². The Morgan fingerprint density at radius 1 is 1.65 bits per heavy atom. The van der Waals surface area contributed by atoms with Crippen LogP contribution in [0.25, 0.3) is 0 Å². The molecule has 1 aliphatic rings. The van der Waals surface area contributed by atoms with Crippen LogP contribution in [0.5, 0.6) is 5.75 Å². The number of hydrogen-bond acceptors (Lipinski definition) is 3. The van der Waals surface area contributed by atoms with Crippen LogP contribution in [0.3, 0.4) is 0 Å². The Balaban J connectivity index is 1.70. The fraction of sp³-hybridized carbons (Fsp3) is 0.500. The molecule has 0 saturated heterocycles. The maximum atomic E-state index is 5.85. The molecule has 0 aliphatic heterocycles. The minimum Gasteiger partial charge on any atom is -0.490 e. The lowest BCUT2D eigenvalue weighted by atomic mass is 10.5. The predicted molar refractivity (Wildman–Crippen MR) is 67.0 cm³/mol. The molecular weight excluding hydrogens is 216 g/mol. The van der Waals surface area contributed by atoms with Gasteiger partial charge in [0.1, 0.15) is 12.4 Å². The fourth-order valence-corrected chi connectivity index (χ4v) is 1.52. The van der Waals surface area contributed by atoms with E-state index in [9.17, 15) is 0 Å². The Labute approximate surface area is 101 Å². The number of guanidine groups is 1. The Hall–Kier alpha value is -1.78. The zero-order chi connectivity index (χ0) is 12.1. The van der Waals surface area contributed by atoms with Crippen molar-refractivity contribution < 1.29 is 4.74 Å². The molecule has 0 radical (unpaired) electrons. The summed E-state index contributed by atoms with van der Waals surface area (Å²) in [4.78, 5) is 10.3. The van der Waals surface area contributed by atoms with E-state index >= 15 is 0 Å². The van der Waals surface area contributed by atoms with Crippen LogP contribution >= 0.6 is 0 Å². The molecule has 0 amide bonds. The molecule has 17 heavy (non-hydrogen) atoms. The monoisotopic (exact) mass is 234 g/mol. The number of hydrogen-bond donors (Lipinski definition) is 1. The van der Waals surface area contributed by atoms with Crippen molar-refractivity contribution in [3.05, 3.63) is 24.5 Å². The third kappa shape index (κ3) is 3.62. The average Bonchev–Trinajstić information content (AvgIpc) is 3.19. The van der Waals surface area contributed by atoms with Gasteiger partial charge in [0, 0.05) is 19.3 Å². The zero-order valence-electron chi connectivity index (χ0n) is 10.0. The third-order valence-corrected chi connectivity index (χ3v) is 2.72. The highest BCUT2D eigenvalue weighted by molar-refractivity contribution is 5.78. The summed E-state index contributed by atoms with van der Waals surface area (Å²) in [6.07, 6.45) is 5.84. The molecule has 1 aliphatic carbocycles. The third-order valence-electron chi connectivity index (χ3n) is 2.72. The quantitative estimate of drug-likeness (QED) is 0.466. The predicted octanol–water partition coefficient (Wildman–Crippen LogP) is 0.869. The van der Waals surface area contributed by atoms with Gasteiger partial charge in [-0.25, -0.2) is 4.99 Å². The normalized spacial score (nSPS) is 15.7. The SMILES string of the molecule is CN(C(N)=NCCOc1cccnc1)C1CC1. The first kappa shape index (κ1) is 11.7. The second-order valence-electron chi connectivity index (χ2n) is 4.12. The van der Waals surface area contributed by atoms with Crippen molar-refractivity contribution in [2.45, 2.75) is 18.9 Å². The molecule has 0 spiro atoms. The molecule has 92 valence electrons. The van der Waals surface area contributed by atoms with Gasteiger partial charge >= 0.3 is 0 Å². The molecule has 1 aromatic heterocycles. The maximum absolute atomic E-state index is 5.85. The molecular formula is C12H18N4O. The van der Waals surface area contributed by atoms with Crippen molar-refractivity contribution in [1.82, 2.24) is 9.88 Å². The summed E-state index contributed by atoms with van der Waals surface area (Å²) in [5, 5.41) is 0. The number of aliphatic imine (C=N–C) groups is 1. The summed E-state index contributed by atoms with van der Waals surface area (Å²) >= 11 is 0. The van der Waals surface area contributed by atoms with E-state index in [1.54, 1.807) is 12.4 Å². The lowest BCUT2D eigenvalue weighted by Crippen LogP contribution is -2.36. The molecule has 1 saturated carbocycles. The van der Waals surface area contributed by atoms with Gasteiger partial charge < -0.3 is 15.4 Å². The van der Waals surface area contributed by atoms with E-state index in [2.05, 4.69) is 9.98 Å². The fourth-order valence-electron chi connectivity index (χ4n) is 1.52. The maximum Gasteiger partial charge on any atom is 0.191 e. The molecule has 2 N–H and O–H groups in total. The summed E-state index contributed by atoms with van der Waals surface area (Å²) in [5.41, 5.74) is 5.85. The van der Waals surface area contributed by atoms with Crippen LogP contribution in [0.15, 0.2) is 29.5 Å². The van der Waals surface area contributed by atoms with E-state index in [1.165, 1.54) is 12.8 Å². The first-order valence-corrected chi connectivity index (χ1v) is 5.83. The van der Waals surface area contributed by atoms with E-state index in [0.717, 1.165) is 5.75 Å². The average molecular weight is 234 g/mol. The van der Waals surface area contributed by atoms with Crippen molar-refractivity contribution in [2.24, 2.45) is 10.7 Å². The molecule has 0 bridgehead atoms. The van der Waals surface area contributed by atoms with E-state index in [-0.39, 0.29) is 0 Å². The van der Waals surface area contributed by atoms with Crippen LogP contribution in [0.1, 0.15) is 12.8 Å². The van der Waals surface area contributed by atoms with Gasteiger partial charge in [0.05, 0.1) is 12.7 Å². The lowest BCUT2D eigenvalue weighted by Gasteiger charge is -2.16. The Morgan fingerprint density at radius 2 is 2.47 bits per heavy atom. The first-order chi connectivity index (χ1) is 8.27. The summed E-state index contributed by atoms with van der Waals surface area (Å²) < 4.78 is 5.47. The standard InChI is InChI=1S/C12H18N4O/c1-16(10-4-5-10)12(13)15-7-8-17-11-3-2-6-14-9-11/h2-3,6,9-10H,4-5,7-8H2,1H3,(H2,13,15). The van der Waals surface area contributed by atoms with Crippen LogP contribution in [0.2, 0.25) is 0 Å². The van der Waals surface area contributed by atoms with Crippen molar-refractivity contribution >= 4 is 5.96 Å². The topological polar surface area (TPSA) is 63.7 Å². The van der Waals surface area contributed by atoms with Crippen molar-refractivity contribution in [3.8, 4) is 5.75 Å². The number of rotatable bonds is 5. The van der Waals surface area contributed by atoms with Crippen LogP contribution in [-0.2, 0) is 0 Å². The number of nitrogens with zero attached hydrogens (tertiary/aromatic N) is 3. The number of nitrogens with two attached hydrogens (primary N) is 1. The summed E-state index contributed by atoms with van der Waals surface area (Å²) in [7, 11) is 1.98. The summed E-state index contributed by atoms with van der Waals surface area (Å²) in [6, 6.07) is 4.31. The zero-order valence-corrected chi connectivity index (χ0v) is 10.0. The molecule has 0 aromatic carbocycles. The van der Waals surface area contributed by atoms with Gasteiger partial charge in [-0.3, -0.25) is 4.98 Å². The van der Waals surface area contributed by atoms with Crippen LogP contribution in [-0.4, -0.2) is 42.1 Å². The van der Waals surface area contributed by atoms with Crippen molar-refractivity contribution in [3.63, 3.8) is 0 Å². The first-order valence-electron chi connectivity index (χ1n) is 5.83. The second kappa shape index (κ2) is 5.52. The number of aromatic nitrogens is 1. The Morgan fingerprint density at radius 3 is 3.12 bits per heavy atom. The lowest BCUT2D eigenvalue weighted by molar-refractivity contribution is 0.326. The van der Waals surface area contributed by atoms with Gasteiger partial charge in [0.25, 0.3) is 0 Å². The summed E-state index contributed by atoms with van der Waals surface area (Å²) in [5.74, 6) is 1.36. The molecule has 0 atom stereocenters. The van der Waals surface area contributed by atoms with Crippen LogP contribution in [0.4, 0.5) is 0 Å². The van der Waals surface area contributed by atoms with Crippen molar-refractivity contribution in [2.75, 3.05) is 20.2 Å².